The number of amides is 1. The number of nitrogens with zero attached hydrogens (tertiary/aromatic N) is 1. The topological polar surface area (TPSA) is 29.5 Å². The molecule has 0 aliphatic carbocycles. The first kappa shape index (κ1) is 16.3. The third-order valence-corrected chi connectivity index (χ3v) is 7.09. The third-order valence-electron chi connectivity index (χ3n) is 3.78. The molecule has 2 aromatic carbocycles. The van der Waals surface area contributed by atoms with Crippen LogP contribution in [0.5, 0.6) is 0 Å². The minimum atomic E-state index is -2.21. The van der Waals surface area contributed by atoms with Gasteiger partial charge in [0.1, 0.15) is 0 Å². The maximum absolute atomic E-state index is 12.6. The van der Waals surface area contributed by atoms with Crippen molar-refractivity contribution in [3.05, 3.63) is 60.2 Å². The Labute approximate surface area is 133 Å². The molecule has 0 spiro atoms. The molecule has 0 heterocycles. The molecule has 0 saturated heterocycles. The highest BCUT2D eigenvalue weighted by Crippen LogP contribution is 2.22. The van der Waals surface area contributed by atoms with E-state index in [-0.39, 0.29) is 6.09 Å². The molecule has 0 aromatic heterocycles. The zero-order valence-electron chi connectivity index (χ0n) is 13.7. The first-order chi connectivity index (χ1) is 10.5. The number of ether oxygens (including phenoxy) is 1. The van der Waals surface area contributed by atoms with Crippen molar-refractivity contribution in [2.24, 2.45) is 0 Å². The molecule has 0 atom stereocenters. The van der Waals surface area contributed by atoms with Gasteiger partial charge < -0.3 is 9.30 Å². The van der Waals surface area contributed by atoms with Crippen molar-refractivity contribution in [3.8, 4) is 0 Å². The minimum Gasteiger partial charge on any atom is -0.450 e. The SMILES string of the molecule is CCOC(=O)N(c1ccccc1)[Si](C)(C)c1ccc(C)cc1. The predicted octanol–water partition coefficient (Wildman–Crippen LogP) is 4.07. The van der Waals surface area contributed by atoms with E-state index in [4.69, 9.17) is 4.74 Å². The highest BCUT2D eigenvalue weighted by atomic mass is 28.3. The van der Waals surface area contributed by atoms with Crippen molar-refractivity contribution in [2.45, 2.75) is 26.9 Å². The summed E-state index contributed by atoms with van der Waals surface area (Å²) in [7, 11) is -2.21. The lowest BCUT2D eigenvalue weighted by Gasteiger charge is -2.36. The number of aryl methyl sites for hydroxylation is 1. The van der Waals surface area contributed by atoms with Gasteiger partial charge in [-0.3, -0.25) is 0 Å². The average molecular weight is 313 g/mol. The van der Waals surface area contributed by atoms with Crippen LogP contribution in [0.15, 0.2) is 54.6 Å². The molecular weight excluding hydrogens is 290 g/mol. The average Bonchev–Trinajstić information content (AvgIpc) is 2.49. The minimum absolute atomic E-state index is 0.272. The zero-order chi connectivity index (χ0) is 16.2. The first-order valence-electron chi connectivity index (χ1n) is 7.56. The number of para-hydroxylation sites is 1. The summed E-state index contributed by atoms with van der Waals surface area (Å²) in [5.74, 6) is 0. The van der Waals surface area contributed by atoms with Crippen LogP contribution in [0.1, 0.15) is 12.5 Å². The van der Waals surface area contributed by atoms with Crippen molar-refractivity contribution in [1.29, 1.82) is 0 Å². The zero-order valence-corrected chi connectivity index (χ0v) is 14.7. The second kappa shape index (κ2) is 6.79. The van der Waals surface area contributed by atoms with Crippen molar-refractivity contribution in [2.75, 3.05) is 11.2 Å². The molecule has 0 bridgehead atoms. The summed E-state index contributed by atoms with van der Waals surface area (Å²) in [6, 6.07) is 18.2. The molecule has 2 rings (SSSR count). The fourth-order valence-electron chi connectivity index (χ4n) is 2.51. The molecule has 0 radical (unpaired) electrons. The Bertz CT molecular complexity index is 623. The van der Waals surface area contributed by atoms with Crippen LogP contribution in [0.4, 0.5) is 10.5 Å². The van der Waals surface area contributed by atoms with E-state index >= 15 is 0 Å². The van der Waals surface area contributed by atoms with Gasteiger partial charge in [0, 0.05) is 5.69 Å². The van der Waals surface area contributed by atoms with Crippen molar-refractivity contribution >= 4 is 25.2 Å². The van der Waals surface area contributed by atoms with E-state index in [9.17, 15) is 4.79 Å². The number of carbonyl (C=O) groups excluding carboxylic acids is 1. The van der Waals surface area contributed by atoms with E-state index in [0.29, 0.717) is 6.61 Å². The number of anilines is 1. The number of hydrogen-bond donors (Lipinski definition) is 0. The monoisotopic (exact) mass is 313 g/mol. The van der Waals surface area contributed by atoms with Crippen LogP contribution in [-0.4, -0.2) is 20.9 Å². The first-order valence-corrected chi connectivity index (χ1v) is 10.5. The second-order valence-corrected chi connectivity index (χ2v) is 9.94. The Morgan fingerprint density at radius 3 is 2.18 bits per heavy atom. The van der Waals surface area contributed by atoms with Crippen LogP contribution in [0.25, 0.3) is 0 Å². The Hall–Kier alpha value is -2.07. The van der Waals surface area contributed by atoms with Gasteiger partial charge in [0.05, 0.1) is 6.61 Å². The van der Waals surface area contributed by atoms with Gasteiger partial charge in [-0.25, -0.2) is 4.79 Å². The molecule has 3 nitrogen and oxygen atoms in total. The molecule has 0 fully saturated rings. The van der Waals surface area contributed by atoms with Gasteiger partial charge in [0.15, 0.2) is 8.24 Å². The van der Waals surface area contributed by atoms with Gasteiger partial charge in [0.25, 0.3) is 0 Å². The summed E-state index contributed by atoms with van der Waals surface area (Å²) >= 11 is 0. The van der Waals surface area contributed by atoms with Crippen LogP contribution < -0.4 is 9.75 Å². The summed E-state index contributed by atoms with van der Waals surface area (Å²) in [5.41, 5.74) is 2.11. The van der Waals surface area contributed by atoms with E-state index in [1.54, 1.807) is 0 Å². The van der Waals surface area contributed by atoms with Gasteiger partial charge in [-0.15, -0.1) is 0 Å². The standard InChI is InChI=1S/C18H23NO2Si/c1-5-21-18(20)19(16-9-7-6-8-10-16)22(3,4)17-13-11-15(2)12-14-17/h6-14H,5H2,1-4H3. The Morgan fingerprint density at radius 2 is 1.64 bits per heavy atom. The van der Waals surface area contributed by atoms with E-state index in [0.717, 1.165) is 5.69 Å². The highest BCUT2D eigenvalue weighted by Gasteiger charge is 2.37. The molecule has 0 aliphatic rings. The Balaban J connectivity index is 2.47. The van der Waals surface area contributed by atoms with Gasteiger partial charge in [0.2, 0.25) is 0 Å². The maximum atomic E-state index is 12.6. The summed E-state index contributed by atoms with van der Waals surface area (Å²) in [4.78, 5) is 12.6. The normalized spacial score (nSPS) is 11.1. The van der Waals surface area contributed by atoms with Crippen LogP contribution in [-0.2, 0) is 4.74 Å². The van der Waals surface area contributed by atoms with Crippen LogP contribution >= 0.6 is 0 Å². The Morgan fingerprint density at radius 1 is 1.05 bits per heavy atom. The largest absolute Gasteiger partial charge is 0.450 e. The lowest BCUT2D eigenvalue weighted by atomic mass is 10.2. The van der Waals surface area contributed by atoms with E-state index in [1.165, 1.54) is 10.8 Å². The number of benzene rings is 2. The Kier molecular flexibility index (Phi) is 5.03. The number of hydrogen-bond acceptors (Lipinski definition) is 2. The number of rotatable bonds is 4. The lowest BCUT2D eigenvalue weighted by molar-refractivity contribution is 0.163. The predicted molar refractivity (Wildman–Crippen MR) is 94.2 cm³/mol. The smallest absolute Gasteiger partial charge is 0.406 e. The lowest BCUT2D eigenvalue weighted by Crippen LogP contribution is -2.60. The van der Waals surface area contributed by atoms with Crippen molar-refractivity contribution in [1.82, 2.24) is 0 Å². The molecule has 2 aromatic rings. The van der Waals surface area contributed by atoms with Crippen LogP contribution in [0.3, 0.4) is 0 Å². The summed E-state index contributed by atoms with van der Waals surface area (Å²) in [6.45, 7) is 8.61. The van der Waals surface area contributed by atoms with Gasteiger partial charge >= 0.3 is 6.09 Å². The third kappa shape index (κ3) is 3.39. The van der Waals surface area contributed by atoms with Gasteiger partial charge in [-0.1, -0.05) is 48.0 Å². The number of carbonyl (C=O) groups is 1. The van der Waals surface area contributed by atoms with Crippen molar-refractivity contribution in [3.63, 3.8) is 0 Å². The fourth-order valence-corrected chi connectivity index (χ4v) is 5.07. The second-order valence-electron chi connectivity index (χ2n) is 5.79. The molecule has 0 unspecified atom stereocenters. The van der Waals surface area contributed by atoms with Gasteiger partial charge in [-0.2, -0.15) is 0 Å². The fraction of sp³-hybridized carbons (Fsp3) is 0.278. The summed E-state index contributed by atoms with van der Waals surface area (Å²) in [5, 5.41) is 1.20. The van der Waals surface area contributed by atoms with E-state index < -0.39 is 8.24 Å². The quantitative estimate of drug-likeness (QED) is 0.796. The summed E-state index contributed by atoms with van der Waals surface area (Å²) < 4.78 is 7.16. The highest BCUT2D eigenvalue weighted by molar-refractivity contribution is 6.95. The maximum Gasteiger partial charge on any atom is 0.406 e. The van der Waals surface area contributed by atoms with Crippen LogP contribution in [0.2, 0.25) is 13.1 Å². The van der Waals surface area contributed by atoms with E-state index in [2.05, 4.69) is 44.3 Å². The van der Waals surface area contributed by atoms with Crippen molar-refractivity contribution < 1.29 is 9.53 Å². The molecule has 22 heavy (non-hydrogen) atoms. The molecule has 0 aliphatic heterocycles. The summed E-state index contributed by atoms with van der Waals surface area (Å²) in [6.07, 6.45) is -0.272. The van der Waals surface area contributed by atoms with Crippen LogP contribution in [0, 0.1) is 6.92 Å². The van der Waals surface area contributed by atoms with Gasteiger partial charge in [-0.05, 0) is 44.3 Å². The molecule has 1 amide bonds. The molecular formula is C18H23NO2Si. The molecule has 0 N–H and O–H groups in total. The molecule has 4 heteroatoms. The molecule has 116 valence electrons. The molecule has 0 saturated carbocycles. The van der Waals surface area contributed by atoms with E-state index in [1.807, 2.05) is 41.8 Å².